The van der Waals surface area contributed by atoms with E-state index >= 15 is 0 Å². The lowest BCUT2D eigenvalue weighted by atomic mass is 10.1. The first-order valence-electron chi connectivity index (χ1n) is 7.92. The lowest BCUT2D eigenvalue weighted by Crippen LogP contribution is -2.27. The molecule has 1 atom stereocenters. The number of pyridine rings is 1. The van der Waals surface area contributed by atoms with Crippen molar-refractivity contribution < 1.29 is 4.79 Å². The van der Waals surface area contributed by atoms with Gasteiger partial charge in [0.25, 0.3) is 5.91 Å². The highest BCUT2D eigenvalue weighted by Crippen LogP contribution is 2.14. The largest absolute Gasteiger partial charge is 0.345 e. The van der Waals surface area contributed by atoms with E-state index in [0.29, 0.717) is 12.1 Å². The van der Waals surface area contributed by atoms with E-state index in [-0.39, 0.29) is 11.9 Å². The van der Waals surface area contributed by atoms with Crippen LogP contribution >= 0.6 is 0 Å². The van der Waals surface area contributed by atoms with Crippen LogP contribution in [0, 0.1) is 6.92 Å². The molecule has 0 saturated heterocycles. The number of aromatic nitrogens is 3. The molecule has 0 spiro atoms. The van der Waals surface area contributed by atoms with Crippen molar-refractivity contribution in [1.82, 2.24) is 20.1 Å². The first kappa shape index (κ1) is 15.9. The van der Waals surface area contributed by atoms with Gasteiger partial charge in [-0.1, -0.05) is 30.3 Å². The van der Waals surface area contributed by atoms with E-state index in [4.69, 9.17) is 0 Å². The summed E-state index contributed by atoms with van der Waals surface area (Å²) in [5.74, 6) is -0.115. The van der Waals surface area contributed by atoms with E-state index in [1.165, 1.54) is 0 Å². The molecule has 0 saturated carbocycles. The Labute approximate surface area is 141 Å². The molecule has 2 heterocycles. The number of hydrogen-bond donors (Lipinski definition) is 1. The van der Waals surface area contributed by atoms with Gasteiger partial charge in [-0.15, -0.1) is 0 Å². The Morgan fingerprint density at radius 3 is 2.58 bits per heavy atom. The monoisotopic (exact) mass is 320 g/mol. The van der Waals surface area contributed by atoms with Gasteiger partial charge in [0.1, 0.15) is 0 Å². The number of carbonyl (C=O) groups is 1. The van der Waals surface area contributed by atoms with E-state index in [1.807, 2.05) is 61.0 Å². The highest BCUT2D eigenvalue weighted by Gasteiger charge is 2.17. The van der Waals surface area contributed by atoms with Gasteiger partial charge in [-0.3, -0.25) is 14.5 Å². The lowest BCUT2D eigenvalue weighted by Gasteiger charge is -2.14. The molecule has 0 aliphatic heterocycles. The minimum absolute atomic E-state index is 0.0858. The van der Waals surface area contributed by atoms with E-state index < -0.39 is 0 Å². The molecule has 122 valence electrons. The van der Waals surface area contributed by atoms with Gasteiger partial charge < -0.3 is 5.32 Å². The van der Waals surface area contributed by atoms with E-state index in [0.717, 1.165) is 16.8 Å². The van der Waals surface area contributed by atoms with Crippen molar-refractivity contribution in [2.24, 2.45) is 0 Å². The molecule has 0 aliphatic rings. The third-order valence-electron chi connectivity index (χ3n) is 4.08. The molecule has 0 bridgehead atoms. The average Bonchev–Trinajstić information content (AvgIpc) is 2.97. The third kappa shape index (κ3) is 3.51. The summed E-state index contributed by atoms with van der Waals surface area (Å²) < 4.78 is 1.85. The predicted octanol–water partition coefficient (Wildman–Crippen LogP) is 3.13. The average molecular weight is 320 g/mol. The summed E-state index contributed by atoms with van der Waals surface area (Å²) in [6.07, 6.45) is 5.08. The number of carbonyl (C=O) groups excluding carboxylic acids is 1. The standard InChI is InChI=1S/C19H20N4O/c1-14(17-8-10-20-11-9-17)22-19(24)18-12-21-23(15(18)2)13-16-6-4-3-5-7-16/h3-12,14H,13H2,1-2H3,(H,22,24). The molecule has 2 aromatic heterocycles. The summed E-state index contributed by atoms with van der Waals surface area (Å²) in [4.78, 5) is 16.5. The molecular formula is C19H20N4O. The Morgan fingerprint density at radius 1 is 1.17 bits per heavy atom. The van der Waals surface area contributed by atoms with E-state index in [9.17, 15) is 4.79 Å². The van der Waals surface area contributed by atoms with Gasteiger partial charge in [-0.25, -0.2) is 0 Å². The van der Waals surface area contributed by atoms with Crippen LogP contribution in [0.3, 0.4) is 0 Å². The third-order valence-corrected chi connectivity index (χ3v) is 4.08. The summed E-state index contributed by atoms with van der Waals surface area (Å²) in [5, 5.41) is 7.37. The molecule has 1 N–H and O–H groups in total. The van der Waals surface area contributed by atoms with Crippen molar-refractivity contribution in [2.45, 2.75) is 26.4 Å². The topological polar surface area (TPSA) is 59.8 Å². The van der Waals surface area contributed by atoms with Gasteiger partial charge in [0, 0.05) is 18.1 Å². The van der Waals surface area contributed by atoms with Gasteiger partial charge in [0.15, 0.2) is 0 Å². The Balaban J connectivity index is 1.72. The normalized spacial score (nSPS) is 11.9. The Morgan fingerprint density at radius 2 is 1.88 bits per heavy atom. The molecule has 0 fully saturated rings. The molecule has 3 rings (SSSR count). The zero-order valence-corrected chi connectivity index (χ0v) is 13.8. The highest BCUT2D eigenvalue weighted by molar-refractivity contribution is 5.95. The molecule has 1 amide bonds. The molecule has 0 radical (unpaired) electrons. The van der Waals surface area contributed by atoms with Crippen LogP contribution in [0.4, 0.5) is 0 Å². The molecule has 24 heavy (non-hydrogen) atoms. The summed E-state index contributed by atoms with van der Waals surface area (Å²) in [7, 11) is 0. The summed E-state index contributed by atoms with van der Waals surface area (Å²) in [6, 6.07) is 13.8. The maximum absolute atomic E-state index is 12.5. The number of rotatable bonds is 5. The first-order valence-corrected chi connectivity index (χ1v) is 7.92. The molecule has 3 aromatic rings. The number of nitrogens with one attached hydrogen (secondary N) is 1. The van der Waals surface area contributed by atoms with Crippen molar-refractivity contribution in [3.05, 3.63) is 83.4 Å². The fourth-order valence-corrected chi connectivity index (χ4v) is 2.60. The van der Waals surface area contributed by atoms with E-state index in [2.05, 4.69) is 15.4 Å². The van der Waals surface area contributed by atoms with Crippen LogP contribution < -0.4 is 5.32 Å². The van der Waals surface area contributed by atoms with Crippen molar-refractivity contribution in [3.8, 4) is 0 Å². The van der Waals surface area contributed by atoms with Crippen LogP contribution in [0.15, 0.2) is 61.1 Å². The second kappa shape index (κ2) is 7.08. The maximum Gasteiger partial charge on any atom is 0.255 e. The van der Waals surface area contributed by atoms with Crippen LogP contribution in [0.2, 0.25) is 0 Å². The maximum atomic E-state index is 12.5. The summed E-state index contributed by atoms with van der Waals surface area (Å²) in [5.41, 5.74) is 3.64. The minimum atomic E-state index is -0.115. The fraction of sp³-hybridized carbons (Fsp3) is 0.211. The Bertz CT molecular complexity index is 812. The van der Waals surface area contributed by atoms with Crippen LogP contribution in [0.5, 0.6) is 0 Å². The zero-order valence-electron chi connectivity index (χ0n) is 13.8. The molecule has 1 unspecified atom stereocenters. The molecular weight excluding hydrogens is 300 g/mol. The van der Waals surface area contributed by atoms with Crippen molar-refractivity contribution in [1.29, 1.82) is 0 Å². The quantitative estimate of drug-likeness (QED) is 0.786. The smallest absolute Gasteiger partial charge is 0.255 e. The second-order valence-electron chi connectivity index (χ2n) is 5.76. The second-order valence-corrected chi connectivity index (χ2v) is 5.76. The van der Waals surface area contributed by atoms with Gasteiger partial charge in [0.2, 0.25) is 0 Å². The first-order chi connectivity index (χ1) is 11.6. The summed E-state index contributed by atoms with van der Waals surface area (Å²) in [6.45, 7) is 4.53. The van der Waals surface area contributed by atoms with Gasteiger partial charge in [0.05, 0.1) is 24.3 Å². The minimum Gasteiger partial charge on any atom is -0.345 e. The van der Waals surface area contributed by atoms with E-state index in [1.54, 1.807) is 18.6 Å². The van der Waals surface area contributed by atoms with Crippen molar-refractivity contribution >= 4 is 5.91 Å². The zero-order chi connectivity index (χ0) is 16.9. The van der Waals surface area contributed by atoms with Crippen LogP contribution in [0.25, 0.3) is 0 Å². The van der Waals surface area contributed by atoms with Crippen LogP contribution in [-0.4, -0.2) is 20.7 Å². The van der Waals surface area contributed by atoms with Crippen LogP contribution in [-0.2, 0) is 6.54 Å². The van der Waals surface area contributed by atoms with Crippen LogP contribution in [0.1, 0.15) is 40.1 Å². The fourth-order valence-electron chi connectivity index (χ4n) is 2.60. The molecule has 5 heteroatoms. The number of benzene rings is 1. The number of hydrogen-bond acceptors (Lipinski definition) is 3. The summed E-state index contributed by atoms with van der Waals surface area (Å²) >= 11 is 0. The Hall–Kier alpha value is -2.95. The number of nitrogens with zero attached hydrogens (tertiary/aromatic N) is 3. The Kier molecular flexibility index (Phi) is 4.70. The van der Waals surface area contributed by atoms with Crippen molar-refractivity contribution in [3.63, 3.8) is 0 Å². The molecule has 0 aliphatic carbocycles. The van der Waals surface area contributed by atoms with Gasteiger partial charge in [-0.05, 0) is 37.1 Å². The van der Waals surface area contributed by atoms with Gasteiger partial charge >= 0.3 is 0 Å². The highest BCUT2D eigenvalue weighted by atomic mass is 16.1. The van der Waals surface area contributed by atoms with Gasteiger partial charge in [-0.2, -0.15) is 5.10 Å². The predicted molar refractivity (Wildman–Crippen MR) is 92.6 cm³/mol. The lowest BCUT2D eigenvalue weighted by molar-refractivity contribution is 0.0939. The molecule has 1 aromatic carbocycles. The SMILES string of the molecule is Cc1c(C(=O)NC(C)c2ccncc2)cnn1Cc1ccccc1. The molecule has 5 nitrogen and oxygen atoms in total. The number of amides is 1. The van der Waals surface area contributed by atoms with Crippen molar-refractivity contribution in [2.75, 3.05) is 0 Å².